The molecule has 8 nitrogen and oxygen atoms in total. The van der Waals surface area contributed by atoms with Gasteiger partial charge in [-0.3, -0.25) is 0 Å². The zero-order valence-electron chi connectivity index (χ0n) is 16.1. The van der Waals surface area contributed by atoms with E-state index in [0.29, 0.717) is 23.2 Å². The fraction of sp³-hybridized carbons (Fsp3) is 0.381. The standard InChI is InChI=1S/C21H22N8/c22-10-17-12-25-20(16-2-3-16)27-21(17)24-11-15-6-9-28(14-15)18-4-5-19(23-13-18)29-8-1-7-26-29/h1,4-5,7-8,12-13,15-16H,2-3,6,9,11,14H2,(H,24,25,27). The summed E-state index contributed by atoms with van der Waals surface area (Å²) in [6, 6.07) is 8.17. The van der Waals surface area contributed by atoms with Crippen molar-refractivity contribution in [2.45, 2.75) is 25.2 Å². The third-order valence-electron chi connectivity index (χ3n) is 5.55. The first kappa shape index (κ1) is 17.6. The van der Waals surface area contributed by atoms with Gasteiger partial charge in [-0.15, -0.1) is 0 Å². The van der Waals surface area contributed by atoms with Gasteiger partial charge in [-0.05, 0) is 43.4 Å². The quantitative estimate of drug-likeness (QED) is 0.696. The summed E-state index contributed by atoms with van der Waals surface area (Å²) >= 11 is 0. The average molecular weight is 386 g/mol. The smallest absolute Gasteiger partial charge is 0.153 e. The second-order valence-corrected chi connectivity index (χ2v) is 7.68. The van der Waals surface area contributed by atoms with Crippen molar-refractivity contribution in [2.75, 3.05) is 29.9 Å². The zero-order chi connectivity index (χ0) is 19.6. The normalized spacial score (nSPS) is 18.6. The molecule has 1 saturated heterocycles. The van der Waals surface area contributed by atoms with Crippen molar-refractivity contribution in [3.8, 4) is 11.9 Å². The summed E-state index contributed by atoms with van der Waals surface area (Å²) in [6.07, 6.45) is 10.6. The molecule has 1 aliphatic heterocycles. The Labute approximate surface area is 169 Å². The number of rotatable bonds is 6. The number of nitrogens with one attached hydrogen (secondary N) is 1. The molecule has 8 heteroatoms. The minimum atomic E-state index is 0.475. The van der Waals surface area contributed by atoms with E-state index in [2.05, 4.69) is 42.4 Å². The molecule has 3 aromatic heterocycles. The predicted octanol–water partition coefficient (Wildman–Crippen LogP) is 2.74. The SMILES string of the molecule is N#Cc1cnc(C2CC2)nc1NCC1CCN(c2ccc(-n3cccn3)nc2)C1. The Morgan fingerprint density at radius 2 is 2.10 bits per heavy atom. The van der Waals surface area contributed by atoms with Crippen LogP contribution in [0.1, 0.15) is 36.6 Å². The van der Waals surface area contributed by atoms with Crippen molar-refractivity contribution in [1.82, 2.24) is 24.7 Å². The van der Waals surface area contributed by atoms with Crippen molar-refractivity contribution in [3.05, 3.63) is 54.4 Å². The van der Waals surface area contributed by atoms with Gasteiger partial charge in [-0.2, -0.15) is 10.4 Å². The summed E-state index contributed by atoms with van der Waals surface area (Å²) in [6.45, 7) is 2.75. The van der Waals surface area contributed by atoms with E-state index in [1.165, 1.54) is 0 Å². The molecule has 4 heterocycles. The summed E-state index contributed by atoms with van der Waals surface area (Å²) in [5, 5.41) is 17.0. The second kappa shape index (κ2) is 7.51. The van der Waals surface area contributed by atoms with E-state index in [4.69, 9.17) is 0 Å². The number of nitrogens with zero attached hydrogens (tertiary/aromatic N) is 7. The Hall–Kier alpha value is -3.47. The van der Waals surface area contributed by atoms with Crippen molar-refractivity contribution < 1.29 is 0 Å². The fourth-order valence-electron chi connectivity index (χ4n) is 3.73. The van der Waals surface area contributed by atoms with E-state index >= 15 is 0 Å². The first-order valence-electron chi connectivity index (χ1n) is 10.0. The van der Waals surface area contributed by atoms with Crippen LogP contribution in [0.5, 0.6) is 0 Å². The first-order chi connectivity index (χ1) is 14.3. The summed E-state index contributed by atoms with van der Waals surface area (Å²) in [5.74, 6) is 3.32. The lowest BCUT2D eigenvalue weighted by molar-refractivity contribution is 0.620. The third kappa shape index (κ3) is 3.76. The van der Waals surface area contributed by atoms with Crippen molar-refractivity contribution in [1.29, 1.82) is 5.26 Å². The maximum atomic E-state index is 9.35. The molecular formula is C21H22N8. The molecule has 146 valence electrons. The molecule has 1 N–H and O–H groups in total. The summed E-state index contributed by atoms with van der Waals surface area (Å²) in [4.78, 5) is 15.8. The lowest BCUT2D eigenvalue weighted by Crippen LogP contribution is -2.23. The molecule has 1 unspecified atom stereocenters. The van der Waals surface area contributed by atoms with Gasteiger partial charge in [0.1, 0.15) is 23.3 Å². The highest BCUT2D eigenvalue weighted by atomic mass is 15.3. The van der Waals surface area contributed by atoms with Crippen LogP contribution >= 0.6 is 0 Å². The molecule has 0 bridgehead atoms. The maximum Gasteiger partial charge on any atom is 0.153 e. The van der Waals surface area contributed by atoms with E-state index in [9.17, 15) is 5.26 Å². The molecule has 2 aliphatic rings. The van der Waals surface area contributed by atoms with Gasteiger partial charge in [0.2, 0.25) is 0 Å². The van der Waals surface area contributed by atoms with Crippen LogP contribution < -0.4 is 10.2 Å². The predicted molar refractivity (Wildman–Crippen MR) is 109 cm³/mol. The Balaban J connectivity index is 1.21. The van der Waals surface area contributed by atoms with Gasteiger partial charge >= 0.3 is 0 Å². The molecule has 0 radical (unpaired) electrons. The molecule has 1 aliphatic carbocycles. The molecular weight excluding hydrogens is 364 g/mol. The number of nitriles is 1. The lowest BCUT2D eigenvalue weighted by Gasteiger charge is -2.19. The van der Waals surface area contributed by atoms with Crippen LogP contribution in [0.25, 0.3) is 5.82 Å². The number of pyridine rings is 1. The second-order valence-electron chi connectivity index (χ2n) is 7.68. The van der Waals surface area contributed by atoms with Crippen molar-refractivity contribution in [2.24, 2.45) is 5.92 Å². The molecule has 0 spiro atoms. The first-order valence-corrected chi connectivity index (χ1v) is 10.0. The summed E-state index contributed by atoms with van der Waals surface area (Å²) < 4.78 is 1.75. The number of hydrogen-bond donors (Lipinski definition) is 1. The Morgan fingerprint density at radius 3 is 2.83 bits per heavy atom. The fourth-order valence-corrected chi connectivity index (χ4v) is 3.73. The van der Waals surface area contributed by atoms with Crippen LogP contribution in [0.2, 0.25) is 0 Å². The van der Waals surface area contributed by atoms with E-state index in [0.717, 1.165) is 56.2 Å². The van der Waals surface area contributed by atoms with E-state index in [1.807, 2.05) is 24.5 Å². The van der Waals surface area contributed by atoms with E-state index in [1.54, 1.807) is 17.1 Å². The topological polar surface area (TPSA) is 95.6 Å². The highest BCUT2D eigenvalue weighted by molar-refractivity contribution is 5.51. The van der Waals surface area contributed by atoms with Gasteiger partial charge < -0.3 is 10.2 Å². The third-order valence-corrected chi connectivity index (χ3v) is 5.55. The van der Waals surface area contributed by atoms with Gasteiger partial charge in [0.15, 0.2) is 5.82 Å². The van der Waals surface area contributed by atoms with Crippen LogP contribution in [0, 0.1) is 17.2 Å². The van der Waals surface area contributed by atoms with Crippen LogP contribution in [0.4, 0.5) is 11.5 Å². The molecule has 3 aromatic rings. The van der Waals surface area contributed by atoms with Crippen molar-refractivity contribution >= 4 is 11.5 Å². The molecule has 0 aromatic carbocycles. The molecule has 2 fully saturated rings. The van der Waals surface area contributed by atoms with E-state index < -0.39 is 0 Å². The highest BCUT2D eigenvalue weighted by Gasteiger charge is 2.28. The van der Waals surface area contributed by atoms with Crippen molar-refractivity contribution in [3.63, 3.8) is 0 Å². The highest BCUT2D eigenvalue weighted by Crippen LogP contribution is 2.38. The Kier molecular flexibility index (Phi) is 4.56. The largest absolute Gasteiger partial charge is 0.370 e. The van der Waals surface area contributed by atoms with Crippen LogP contribution in [0.15, 0.2) is 43.0 Å². The zero-order valence-corrected chi connectivity index (χ0v) is 16.1. The van der Waals surface area contributed by atoms with Gasteiger partial charge in [0, 0.05) is 37.9 Å². The molecule has 1 atom stereocenters. The van der Waals surface area contributed by atoms with E-state index in [-0.39, 0.29) is 0 Å². The van der Waals surface area contributed by atoms with Gasteiger partial charge in [0.25, 0.3) is 0 Å². The number of hydrogen-bond acceptors (Lipinski definition) is 7. The van der Waals surface area contributed by atoms with Crippen LogP contribution in [-0.2, 0) is 0 Å². The molecule has 1 saturated carbocycles. The van der Waals surface area contributed by atoms with Crippen LogP contribution in [-0.4, -0.2) is 44.4 Å². The Bertz CT molecular complexity index is 1020. The van der Waals surface area contributed by atoms with Gasteiger partial charge in [-0.1, -0.05) is 0 Å². The number of anilines is 2. The summed E-state index contributed by atoms with van der Waals surface area (Å²) in [7, 11) is 0. The molecule has 5 rings (SSSR count). The maximum absolute atomic E-state index is 9.35. The van der Waals surface area contributed by atoms with Crippen LogP contribution in [0.3, 0.4) is 0 Å². The lowest BCUT2D eigenvalue weighted by atomic mass is 10.1. The monoisotopic (exact) mass is 386 g/mol. The number of aromatic nitrogens is 5. The van der Waals surface area contributed by atoms with Gasteiger partial charge in [-0.25, -0.2) is 19.6 Å². The minimum Gasteiger partial charge on any atom is -0.370 e. The van der Waals surface area contributed by atoms with Gasteiger partial charge in [0.05, 0.1) is 18.1 Å². The molecule has 29 heavy (non-hydrogen) atoms. The Morgan fingerprint density at radius 1 is 1.17 bits per heavy atom. The minimum absolute atomic E-state index is 0.475. The average Bonchev–Trinajstić information content (AvgIpc) is 3.26. The molecule has 0 amide bonds. The summed E-state index contributed by atoms with van der Waals surface area (Å²) in [5.41, 5.74) is 1.64.